The fraction of sp³-hybridized carbons (Fsp3) is 0.778. The molecule has 0 aliphatic heterocycles. The third-order valence-electron chi connectivity index (χ3n) is 3.23. The van der Waals surface area contributed by atoms with Gasteiger partial charge in [0, 0.05) is 24.6 Å². The number of hydrogen-bond donors (Lipinski definition) is 0. The molecule has 0 heterocycles. The quantitative estimate of drug-likeness (QED) is 0.409. The van der Waals surface area contributed by atoms with Crippen molar-refractivity contribution >= 4 is 20.9 Å². The van der Waals surface area contributed by atoms with Crippen LogP contribution < -0.4 is 0 Å². The van der Waals surface area contributed by atoms with Crippen LogP contribution >= 0.6 is 11.6 Å². The van der Waals surface area contributed by atoms with Crippen molar-refractivity contribution in [2.75, 3.05) is 14.2 Å². The topological polar surface area (TPSA) is 18.5 Å². The van der Waals surface area contributed by atoms with Gasteiger partial charge in [-0.25, -0.2) is 0 Å². The van der Waals surface area contributed by atoms with E-state index in [1.807, 2.05) is 0 Å². The third-order valence-corrected chi connectivity index (χ3v) is 6.17. The molecular formula is C9H15ClO2Si. The summed E-state index contributed by atoms with van der Waals surface area (Å²) in [4.78, 5) is 0. The van der Waals surface area contributed by atoms with Crippen LogP contribution in [0.15, 0.2) is 12.2 Å². The summed E-state index contributed by atoms with van der Waals surface area (Å²) < 4.78 is 10.9. The molecule has 2 nitrogen and oxygen atoms in total. The summed E-state index contributed by atoms with van der Waals surface area (Å²) in [6, 6.07) is 0. The number of allylic oxidation sites excluding steroid dienone is 2. The van der Waals surface area contributed by atoms with Crippen molar-refractivity contribution < 1.29 is 8.85 Å². The Morgan fingerprint density at radius 3 is 2.46 bits per heavy atom. The molecule has 0 aromatic heterocycles. The van der Waals surface area contributed by atoms with E-state index in [1.54, 1.807) is 14.2 Å². The van der Waals surface area contributed by atoms with Gasteiger partial charge in [0.25, 0.3) is 0 Å². The molecule has 13 heavy (non-hydrogen) atoms. The molecule has 0 saturated heterocycles. The molecular weight excluding hydrogens is 204 g/mol. The minimum absolute atomic E-state index is 0.181. The predicted octanol–water partition coefficient (Wildman–Crippen LogP) is 1.83. The van der Waals surface area contributed by atoms with Crippen molar-refractivity contribution in [3.8, 4) is 0 Å². The molecule has 3 unspecified atom stereocenters. The van der Waals surface area contributed by atoms with Crippen LogP contribution in [-0.4, -0.2) is 28.9 Å². The van der Waals surface area contributed by atoms with Gasteiger partial charge in [-0.2, -0.15) is 0 Å². The summed E-state index contributed by atoms with van der Waals surface area (Å²) in [5.74, 6) is 0.557. The molecule has 0 radical (unpaired) electrons. The number of hydrogen-bond acceptors (Lipinski definition) is 2. The Morgan fingerprint density at radius 2 is 2.08 bits per heavy atom. The van der Waals surface area contributed by atoms with Crippen molar-refractivity contribution in [2.24, 2.45) is 5.92 Å². The predicted molar refractivity (Wildman–Crippen MR) is 55.4 cm³/mol. The highest BCUT2D eigenvalue weighted by molar-refractivity contribution is 6.50. The van der Waals surface area contributed by atoms with Gasteiger partial charge in [-0.05, 0) is 18.8 Å². The lowest BCUT2D eigenvalue weighted by atomic mass is 10.1. The first-order chi connectivity index (χ1) is 6.22. The molecule has 3 atom stereocenters. The van der Waals surface area contributed by atoms with Crippen molar-refractivity contribution in [3.05, 3.63) is 12.2 Å². The summed E-state index contributed by atoms with van der Waals surface area (Å²) in [6.45, 7) is 0. The summed E-state index contributed by atoms with van der Waals surface area (Å²) in [5, 5.41) is 0.478. The van der Waals surface area contributed by atoms with Crippen LogP contribution in [0.25, 0.3) is 0 Å². The maximum atomic E-state index is 6.22. The first kappa shape index (κ1) is 9.71. The van der Waals surface area contributed by atoms with Gasteiger partial charge >= 0.3 is 9.28 Å². The molecule has 2 aliphatic carbocycles. The first-order valence-corrected chi connectivity index (χ1v) is 6.56. The van der Waals surface area contributed by atoms with Crippen LogP contribution in [0.1, 0.15) is 12.8 Å². The molecule has 2 rings (SSSR count). The minimum Gasteiger partial charge on any atom is -0.399 e. The van der Waals surface area contributed by atoms with Crippen LogP contribution in [0.3, 0.4) is 0 Å². The fourth-order valence-corrected chi connectivity index (χ4v) is 5.56. The van der Waals surface area contributed by atoms with E-state index in [-0.39, 0.29) is 5.04 Å². The minimum atomic E-state index is -1.55. The summed E-state index contributed by atoms with van der Waals surface area (Å²) in [6.07, 6.45) is 6.69. The standard InChI is InChI=1S/C9H15ClO2Si/c1-11-13(12-2)9-4-3-7(5-9)8(10)6-9/h3-4,7-8,13H,5-6H2,1-2H3. The molecule has 2 aliphatic rings. The molecule has 0 spiro atoms. The van der Waals surface area contributed by atoms with Crippen molar-refractivity contribution in [1.82, 2.24) is 0 Å². The molecule has 2 bridgehead atoms. The Morgan fingerprint density at radius 1 is 1.38 bits per heavy atom. The summed E-state index contributed by atoms with van der Waals surface area (Å²) >= 11 is 6.22. The zero-order valence-electron chi connectivity index (χ0n) is 8.00. The van der Waals surface area contributed by atoms with E-state index >= 15 is 0 Å². The monoisotopic (exact) mass is 218 g/mol. The Bertz CT molecular complexity index is 230. The lowest BCUT2D eigenvalue weighted by Crippen LogP contribution is -2.33. The maximum absolute atomic E-state index is 6.22. The largest absolute Gasteiger partial charge is 0.399 e. The van der Waals surface area contributed by atoms with Crippen LogP contribution in [0, 0.1) is 5.92 Å². The normalized spacial score (nSPS) is 42.2. The van der Waals surface area contributed by atoms with Gasteiger partial charge in [-0.3, -0.25) is 0 Å². The van der Waals surface area contributed by atoms with E-state index in [0.29, 0.717) is 11.3 Å². The first-order valence-electron chi connectivity index (χ1n) is 4.61. The lowest BCUT2D eigenvalue weighted by Gasteiger charge is -2.29. The molecule has 4 heteroatoms. The fourth-order valence-electron chi connectivity index (χ4n) is 2.64. The zero-order valence-corrected chi connectivity index (χ0v) is 9.91. The molecule has 1 saturated carbocycles. The van der Waals surface area contributed by atoms with E-state index < -0.39 is 9.28 Å². The highest BCUT2D eigenvalue weighted by Gasteiger charge is 2.52. The molecule has 0 amide bonds. The maximum Gasteiger partial charge on any atom is 0.331 e. The molecule has 0 N–H and O–H groups in total. The summed E-state index contributed by atoms with van der Waals surface area (Å²) in [5.41, 5.74) is 0. The number of alkyl halides is 1. The van der Waals surface area contributed by atoms with E-state index in [0.717, 1.165) is 12.8 Å². The number of halogens is 1. The average molecular weight is 219 g/mol. The van der Waals surface area contributed by atoms with Gasteiger partial charge in [0.15, 0.2) is 0 Å². The molecule has 1 fully saturated rings. The second kappa shape index (κ2) is 3.39. The van der Waals surface area contributed by atoms with Crippen LogP contribution in [0.2, 0.25) is 5.04 Å². The van der Waals surface area contributed by atoms with Gasteiger partial charge in [0.1, 0.15) is 0 Å². The Labute approximate surface area is 85.7 Å². The van der Waals surface area contributed by atoms with Gasteiger partial charge in [-0.1, -0.05) is 12.2 Å². The Kier molecular flexibility index (Phi) is 2.53. The van der Waals surface area contributed by atoms with Gasteiger partial charge in [0.05, 0.1) is 0 Å². The second-order valence-electron chi connectivity index (χ2n) is 3.98. The SMILES string of the molecule is CO[SiH](OC)C12C=CC(C1)C(Cl)C2. The van der Waals surface area contributed by atoms with E-state index in [1.165, 1.54) is 0 Å². The van der Waals surface area contributed by atoms with Gasteiger partial charge < -0.3 is 8.85 Å². The molecule has 0 aromatic rings. The smallest absolute Gasteiger partial charge is 0.331 e. The van der Waals surface area contributed by atoms with Crippen molar-refractivity contribution in [3.63, 3.8) is 0 Å². The highest BCUT2D eigenvalue weighted by Crippen LogP contribution is 2.58. The Hall–Kier alpha value is 0.167. The molecule has 74 valence electrons. The van der Waals surface area contributed by atoms with E-state index in [2.05, 4.69) is 12.2 Å². The van der Waals surface area contributed by atoms with Gasteiger partial charge in [-0.15, -0.1) is 11.6 Å². The zero-order chi connectivity index (χ0) is 9.47. The molecule has 0 aromatic carbocycles. The average Bonchev–Trinajstić information content (AvgIpc) is 2.64. The van der Waals surface area contributed by atoms with Gasteiger partial charge in [0.2, 0.25) is 0 Å². The van der Waals surface area contributed by atoms with Crippen LogP contribution in [0.5, 0.6) is 0 Å². The highest BCUT2D eigenvalue weighted by atomic mass is 35.5. The van der Waals surface area contributed by atoms with E-state index in [4.69, 9.17) is 20.5 Å². The van der Waals surface area contributed by atoms with Crippen molar-refractivity contribution in [2.45, 2.75) is 23.3 Å². The van der Waals surface area contributed by atoms with Crippen LogP contribution in [-0.2, 0) is 8.85 Å². The number of rotatable bonds is 3. The van der Waals surface area contributed by atoms with E-state index in [9.17, 15) is 0 Å². The third kappa shape index (κ3) is 1.38. The lowest BCUT2D eigenvalue weighted by molar-refractivity contribution is 0.251. The second-order valence-corrected chi connectivity index (χ2v) is 7.30. The van der Waals surface area contributed by atoms with Crippen molar-refractivity contribution in [1.29, 1.82) is 0 Å². The number of fused-ring (bicyclic) bond motifs is 2. The summed E-state index contributed by atoms with van der Waals surface area (Å²) in [7, 11) is 1.95. The Balaban J connectivity index is 2.18. The van der Waals surface area contributed by atoms with Crippen LogP contribution in [0.4, 0.5) is 0 Å².